The molecule has 16 heavy (non-hydrogen) atoms. The summed E-state index contributed by atoms with van der Waals surface area (Å²) in [4.78, 5) is 0. The van der Waals surface area contributed by atoms with Crippen molar-refractivity contribution in [1.82, 2.24) is 4.31 Å². The minimum Gasteiger partial charge on any atom is -0.212 e. The summed E-state index contributed by atoms with van der Waals surface area (Å²) in [5.74, 6) is 3.13. The van der Waals surface area contributed by atoms with E-state index in [0.29, 0.717) is 12.5 Å². The molecule has 0 heterocycles. The molecule has 0 aromatic rings. The van der Waals surface area contributed by atoms with Crippen LogP contribution in [0.4, 0.5) is 0 Å². The highest BCUT2D eigenvalue weighted by molar-refractivity contribution is 7.89. The van der Waals surface area contributed by atoms with Gasteiger partial charge in [0, 0.05) is 6.54 Å². The Morgan fingerprint density at radius 2 is 1.94 bits per heavy atom. The Bertz CT molecular complexity index is 369. The van der Waals surface area contributed by atoms with E-state index >= 15 is 0 Å². The molecule has 0 unspecified atom stereocenters. The van der Waals surface area contributed by atoms with Crippen LogP contribution in [0.1, 0.15) is 33.6 Å². The first-order valence-electron chi connectivity index (χ1n) is 5.66. The summed E-state index contributed by atoms with van der Waals surface area (Å²) in [6, 6.07) is 0. The standard InChI is InChI=1S/C12H21NO2S/c1-5-8-13(9-11-6-7-11)16(14,15)10-12(2,3)4/h1,11H,6-10H2,2-4H3. The highest BCUT2D eigenvalue weighted by Gasteiger charge is 2.32. The third kappa shape index (κ3) is 4.54. The number of hydrogen-bond acceptors (Lipinski definition) is 2. The Balaban J connectivity index is 2.71. The molecule has 1 aliphatic rings. The highest BCUT2D eigenvalue weighted by atomic mass is 32.2. The van der Waals surface area contributed by atoms with Crippen molar-refractivity contribution in [2.24, 2.45) is 11.3 Å². The van der Waals surface area contributed by atoms with Gasteiger partial charge in [-0.05, 0) is 24.2 Å². The Morgan fingerprint density at radius 3 is 2.31 bits per heavy atom. The molecule has 1 aliphatic carbocycles. The van der Waals surface area contributed by atoms with E-state index in [4.69, 9.17) is 6.42 Å². The molecule has 3 nitrogen and oxygen atoms in total. The molecule has 0 atom stereocenters. The van der Waals surface area contributed by atoms with Crippen molar-refractivity contribution < 1.29 is 8.42 Å². The summed E-state index contributed by atoms with van der Waals surface area (Å²) < 4.78 is 25.7. The van der Waals surface area contributed by atoms with Gasteiger partial charge in [-0.1, -0.05) is 26.7 Å². The summed E-state index contributed by atoms with van der Waals surface area (Å²) in [5, 5.41) is 0. The van der Waals surface area contributed by atoms with Crippen LogP contribution in [-0.4, -0.2) is 31.6 Å². The molecule has 1 saturated carbocycles. The average molecular weight is 243 g/mol. The maximum absolute atomic E-state index is 12.1. The molecule has 0 aromatic carbocycles. The van der Waals surface area contributed by atoms with Gasteiger partial charge in [-0.3, -0.25) is 0 Å². The fraction of sp³-hybridized carbons (Fsp3) is 0.833. The van der Waals surface area contributed by atoms with E-state index in [2.05, 4.69) is 5.92 Å². The monoisotopic (exact) mass is 243 g/mol. The van der Waals surface area contributed by atoms with Crippen LogP contribution in [0.25, 0.3) is 0 Å². The van der Waals surface area contributed by atoms with Crippen molar-refractivity contribution >= 4 is 10.0 Å². The number of terminal acetylenes is 1. The second kappa shape index (κ2) is 4.77. The molecule has 4 heteroatoms. The Labute approximate surface area is 99.3 Å². The molecule has 0 amide bonds. The molecule has 0 aromatic heterocycles. The maximum Gasteiger partial charge on any atom is 0.215 e. The molecule has 1 rings (SSSR count). The third-order valence-corrected chi connectivity index (χ3v) is 4.73. The second-order valence-electron chi connectivity index (χ2n) is 5.76. The number of rotatable bonds is 5. The van der Waals surface area contributed by atoms with Gasteiger partial charge >= 0.3 is 0 Å². The van der Waals surface area contributed by atoms with E-state index in [1.165, 1.54) is 4.31 Å². The molecule has 1 fully saturated rings. The predicted molar refractivity (Wildman–Crippen MR) is 66.4 cm³/mol. The average Bonchev–Trinajstić information content (AvgIpc) is 2.82. The number of hydrogen-bond donors (Lipinski definition) is 0. The predicted octanol–water partition coefficient (Wildman–Crippen LogP) is 1.71. The number of nitrogens with zero attached hydrogens (tertiary/aromatic N) is 1. The molecule has 0 N–H and O–H groups in total. The van der Waals surface area contributed by atoms with Crippen LogP contribution in [0.5, 0.6) is 0 Å². The van der Waals surface area contributed by atoms with Crippen LogP contribution in [0.2, 0.25) is 0 Å². The van der Waals surface area contributed by atoms with E-state index in [1.54, 1.807) is 0 Å². The molecular formula is C12H21NO2S. The summed E-state index contributed by atoms with van der Waals surface area (Å²) >= 11 is 0. The minimum atomic E-state index is -3.21. The van der Waals surface area contributed by atoms with Crippen molar-refractivity contribution in [1.29, 1.82) is 0 Å². The Morgan fingerprint density at radius 1 is 1.38 bits per heavy atom. The van der Waals surface area contributed by atoms with Crippen LogP contribution in [0, 0.1) is 23.7 Å². The summed E-state index contributed by atoms with van der Waals surface area (Å²) in [6.45, 7) is 6.58. The first kappa shape index (κ1) is 13.5. The second-order valence-corrected chi connectivity index (χ2v) is 7.73. The van der Waals surface area contributed by atoms with E-state index in [0.717, 1.165) is 12.8 Å². The molecule has 0 aliphatic heterocycles. The van der Waals surface area contributed by atoms with Gasteiger partial charge in [0.25, 0.3) is 0 Å². The fourth-order valence-corrected chi connectivity index (χ4v) is 3.59. The third-order valence-electron chi connectivity index (χ3n) is 2.44. The summed E-state index contributed by atoms with van der Waals surface area (Å²) in [5.41, 5.74) is -0.227. The van der Waals surface area contributed by atoms with Gasteiger partial charge in [0.05, 0.1) is 12.3 Å². The number of sulfonamides is 1. The van der Waals surface area contributed by atoms with Crippen molar-refractivity contribution in [2.45, 2.75) is 33.6 Å². The Kier molecular flexibility index (Phi) is 4.03. The molecular weight excluding hydrogens is 222 g/mol. The molecule has 0 radical (unpaired) electrons. The lowest BCUT2D eigenvalue weighted by Crippen LogP contribution is -2.38. The van der Waals surface area contributed by atoms with Crippen LogP contribution < -0.4 is 0 Å². The van der Waals surface area contributed by atoms with Gasteiger partial charge in [0.1, 0.15) is 0 Å². The molecule has 92 valence electrons. The van der Waals surface area contributed by atoms with Crippen LogP contribution >= 0.6 is 0 Å². The van der Waals surface area contributed by atoms with E-state index in [9.17, 15) is 8.42 Å². The van der Waals surface area contributed by atoms with E-state index in [1.807, 2.05) is 20.8 Å². The zero-order chi connectivity index (χ0) is 12.4. The van der Waals surface area contributed by atoms with Crippen molar-refractivity contribution in [2.75, 3.05) is 18.8 Å². The van der Waals surface area contributed by atoms with Crippen molar-refractivity contribution in [3.8, 4) is 12.3 Å². The quantitative estimate of drug-likeness (QED) is 0.689. The SMILES string of the molecule is C#CCN(CC1CC1)S(=O)(=O)CC(C)(C)C. The minimum absolute atomic E-state index is 0.161. The normalized spacial score (nSPS) is 17.4. The summed E-state index contributed by atoms with van der Waals surface area (Å²) in [7, 11) is -3.21. The highest BCUT2D eigenvalue weighted by Crippen LogP contribution is 2.31. The van der Waals surface area contributed by atoms with E-state index < -0.39 is 10.0 Å². The van der Waals surface area contributed by atoms with Gasteiger partial charge < -0.3 is 0 Å². The van der Waals surface area contributed by atoms with Crippen molar-refractivity contribution in [3.05, 3.63) is 0 Å². The molecule has 0 spiro atoms. The smallest absolute Gasteiger partial charge is 0.212 e. The van der Waals surface area contributed by atoms with Gasteiger partial charge in [0.2, 0.25) is 10.0 Å². The van der Waals surface area contributed by atoms with Crippen LogP contribution in [0.15, 0.2) is 0 Å². The van der Waals surface area contributed by atoms with Crippen molar-refractivity contribution in [3.63, 3.8) is 0 Å². The zero-order valence-corrected chi connectivity index (χ0v) is 11.2. The van der Waals surface area contributed by atoms with Gasteiger partial charge in [0.15, 0.2) is 0 Å². The van der Waals surface area contributed by atoms with Crippen LogP contribution in [-0.2, 0) is 10.0 Å². The molecule has 0 saturated heterocycles. The lowest BCUT2D eigenvalue weighted by molar-refractivity contribution is 0.401. The fourth-order valence-electron chi connectivity index (χ4n) is 1.61. The largest absolute Gasteiger partial charge is 0.215 e. The lowest BCUT2D eigenvalue weighted by atomic mass is 10.0. The maximum atomic E-state index is 12.1. The van der Waals surface area contributed by atoms with Gasteiger partial charge in [-0.15, -0.1) is 6.42 Å². The lowest BCUT2D eigenvalue weighted by Gasteiger charge is -2.25. The summed E-state index contributed by atoms with van der Waals surface area (Å²) in [6.07, 6.45) is 7.49. The van der Waals surface area contributed by atoms with Gasteiger partial charge in [-0.2, -0.15) is 4.31 Å². The molecule has 0 bridgehead atoms. The zero-order valence-electron chi connectivity index (χ0n) is 10.4. The topological polar surface area (TPSA) is 37.4 Å². The van der Waals surface area contributed by atoms with E-state index in [-0.39, 0.29) is 17.7 Å². The Hall–Kier alpha value is -0.530. The van der Waals surface area contributed by atoms with Crippen LogP contribution in [0.3, 0.4) is 0 Å². The first-order valence-corrected chi connectivity index (χ1v) is 7.27. The van der Waals surface area contributed by atoms with Gasteiger partial charge in [-0.25, -0.2) is 8.42 Å². The first-order chi connectivity index (χ1) is 7.24.